The first-order valence-electron chi connectivity index (χ1n) is 14.0. The average molecular weight is 574 g/mol. The lowest BCUT2D eigenvalue weighted by atomic mass is 9.94. The van der Waals surface area contributed by atoms with Gasteiger partial charge in [-0.1, -0.05) is 0 Å². The Bertz CT molecular complexity index is 1750. The smallest absolute Gasteiger partial charge is 0.374 e. The van der Waals surface area contributed by atoms with Gasteiger partial charge >= 0.3 is 11.9 Å². The van der Waals surface area contributed by atoms with Crippen molar-refractivity contribution in [1.82, 2.24) is 25.0 Å². The number of nitrogens with zero attached hydrogens (tertiary/aromatic N) is 4. The molecule has 0 saturated heterocycles. The Labute approximate surface area is 241 Å². The van der Waals surface area contributed by atoms with Gasteiger partial charge < -0.3 is 22.7 Å². The number of hydrogen-bond acceptors (Lipinski definition) is 10. The van der Waals surface area contributed by atoms with Gasteiger partial charge in [0.2, 0.25) is 17.4 Å². The fraction of sp³-hybridized carbons (Fsp3) is 0.367. The molecule has 12 heteroatoms. The highest BCUT2D eigenvalue weighted by atomic mass is 16.5. The van der Waals surface area contributed by atoms with Gasteiger partial charge in [0.25, 0.3) is 0 Å². The van der Waals surface area contributed by atoms with E-state index in [2.05, 4.69) is 20.3 Å². The van der Waals surface area contributed by atoms with Crippen LogP contribution in [0.4, 0.5) is 0 Å². The second-order valence-electron chi connectivity index (χ2n) is 10.0. The minimum Gasteiger partial charge on any atom is -0.460 e. The fourth-order valence-electron chi connectivity index (χ4n) is 5.54. The number of aromatic nitrogens is 5. The largest absolute Gasteiger partial charge is 0.460 e. The van der Waals surface area contributed by atoms with Crippen LogP contribution in [-0.2, 0) is 41.7 Å². The second-order valence-corrected chi connectivity index (χ2v) is 10.0. The number of carbonyl (C=O) groups excluding carboxylic acids is 2. The van der Waals surface area contributed by atoms with Crippen LogP contribution < -0.4 is 0 Å². The lowest BCUT2D eigenvalue weighted by Gasteiger charge is -2.09. The van der Waals surface area contributed by atoms with E-state index in [0.29, 0.717) is 31.4 Å². The van der Waals surface area contributed by atoms with E-state index >= 15 is 0 Å². The van der Waals surface area contributed by atoms with Crippen molar-refractivity contribution in [2.24, 2.45) is 0 Å². The van der Waals surface area contributed by atoms with Crippen LogP contribution in [0, 0.1) is 13.8 Å². The summed E-state index contributed by atoms with van der Waals surface area (Å²) >= 11 is 0. The minimum atomic E-state index is -0.426. The number of aryl methyl sites for hydroxylation is 4. The van der Waals surface area contributed by atoms with Gasteiger partial charge in [-0.3, -0.25) is 9.78 Å². The van der Waals surface area contributed by atoms with Gasteiger partial charge in [0.05, 0.1) is 37.0 Å². The number of fused-ring (bicyclic) bond motifs is 6. The van der Waals surface area contributed by atoms with Crippen LogP contribution in [0.25, 0.3) is 22.5 Å². The number of ether oxygens (including phenoxy) is 2. The maximum absolute atomic E-state index is 12.0. The molecule has 0 aliphatic heterocycles. The maximum Gasteiger partial charge on any atom is 0.374 e. The highest BCUT2D eigenvalue weighted by molar-refractivity contribution is 5.92. The zero-order chi connectivity index (χ0) is 29.4. The number of furan rings is 2. The lowest BCUT2D eigenvalue weighted by molar-refractivity contribution is 0.0478. The predicted molar refractivity (Wildman–Crippen MR) is 148 cm³/mol. The molecule has 2 aliphatic rings. The topological polar surface area (TPSA) is 151 Å². The second kappa shape index (κ2) is 11.2. The van der Waals surface area contributed by atoms with Crippen molar-refractivity contribution in [1.29, 1.82) is 0 Å². The van der Waals surface area contributed by atoms with Gasteiger partial charge in [0, 0.05) is 41.3 Å². The van der Waals surface area contributed by atoms with Gasteiger partial charge in [-0.05, 0) is 51.7 Å². The molecular weight excluding hydrogens is 542 g/mol. The Kier molecular flexibility index (Phi) is 7.27. The van der Waals surface area contributed by atoms with Crippen molar-refractivity contribution in [3.05, 3.63) is 76.0 Å². The number of nitrogens with one attached hydrogen (secondary N) is 1. The molecule has 0 amide bonds. The van der Waals surface area contributed by atoms with E-state index in [1.807, 2.05) is 30.9 Å². The van der Waals surface area contributed by atoms with Crippen molar-refractivity contribution >= 4 is 11.9 Å². The van der Waals surface area contributed by atoms with E-state index in [-0.39, 0.29) is 5.76 Å². The number of H-pyrrole nitrogens is 1. The number of rotatable bonds is 6. The van der Waals surface area contributed by atoms with E-state index in [9.17, 15) is 9.59 Å². The van der Waals surface area contributed by atoms with Crippen molar-refractivity contribution in [3.8, 4) is 22.5 Å². The molecule has 5 aromatic heterocycles. The molecule has 0 spiro atoms. The quantitative estimate of drug-likeness (QED) is 0.274. The molecule has 1 N–H and O–H groups in total. The van der Waals surface area contributed by atoms with E-state index < -0.39 is 11.9 Å². The Morgan fingerprint density at radius 3 is 2.21 bits per heavy atom. The first kappa shape index (κ1) is 27.3. The monoisotopic (exact) mass is 573 g/mol. The third kappa shape index (κ3) is 4.82. The zero-order valence-corrected chi connectivity index (χ0v) is 23.9. The van der Waals surface area contributed by atoms with Crippen LogP contribution in [0.2, 0.25) is 0 Å². The summed E-state index contributed by atoms with van der Waals surface area (Å²) < 4.78 is 28.6. The Morgan fingerprint density at radius 2 is 1.57 bits per heavy atom. The SMILES string of the molecule is CCOC(=O)c1oc2c(c1C)-c1[nH]ncc1CC2.CCOC(=O)c1oc2c(c1C)-c1nn(Cc3ncco3)cc1CC2. The van der Waals surface area contributed by atoms with E-state index in [1.54, 1.807) is 26.3 Å². The third-order valence-corrected chi connectivity index (χ3v) is 7.43. The van der Waals surface area contributed by atoms with Crippen LogP contribution >= 0.6 is 0 Å². The van der Waals surface area contributed by atoms with Crippen LogP contribution in [0.5, 0.6) is 0 Å². The Morgan fingerprint density at radius 1 is 0.929 bits per heavy atom. The molecular formula is C30H31N5O7. The summed E-state index contributed by atoms with van der Waals surface area (Å²) in [6.07, 6.45) is 10.2. The van der Waals surface area contributed by atoms with Crippen molar-refractivity contribution in [2.45, 2.75) is 59.9 Å². The summed E-state index contributed by atoms with van der Waals surface area (Å²) in [5, 5.41) is 11.7. The molecule has 5 aromatic rings. The highest BCUT2D eigenvalue weighted by Gasteiger charge is 2.31. The maximum atomic E-state index is 12.0. The normalized spacial score (nSPS) is 12.9. The summed E-state index contributed by atoms with van der Waals surface area (Å²) in [6.45, 7) is 8.44. The van der Waals surface area contributed by atoms with Crippen LogP contribution in [-0.4, -0.2) is 50.1 Å². The summed E-state index contributed by atoms with van der Waals surface area (Å²) in [5.74, 6) is 2.00. The number of esters is 2. The molecule has 0 saturated carbocycles. The van der Waals surface area contributed by atoms with Crippen LogP contribution in [0.1, 0.15) is 74.6 Å². The molecule has 2 aliphatic carbocycles. The van der Waals surface area contributed by atoms with Gasteiger partial charge in [-0.25, -0.2) is 14.6 Å². The lowest BCUT2D eigenvalue weighted by Crippen LogP contribution is -2.05. The molecule has 12 nitrogen and oxygen atoms in total. The van der Waals surface area contributed by atoms with Gasteiger partial charge in [-0.2, -0.15) is 10.2 Å². The molecule has 218 valence electrons. The predicted octanol–water partition coefficient (Wildman–Crippen LogP) is 5.02. The van der Waals surface area contributed by atoms with E-state index in [4.69, 9.17) is 22.7 Å². The number of hydrogen-bond donors (Lipinski definition) is 1. The molecule has 42 heavy (non-hydrogen) atoms. The third-order valence-electron chi connectivity index (χ3n) is 7.43. The molecule has 0 atom stereocenters. The summed E-state index contributed by atoms with van der Waals surface area (Å²) in [5.41, 5.74) is 7.62. The molecule has 0 unspecified atom stereocenters. The molecule has 0 bridgehead atoms. The zero-order valence-electron chi connectivity index (χ0n) is 23.9. The van der Waals surface area contributed by atoms with E-state index in [0.717, 1.165) is 76.4 Å². The van der Waals surface area contributed by atoms with Crippen LogP contribution in [0.3, 0.4) is 0 Å². The molecule has 0 radical (unpaired) electrons. The van der Waals surface area contributed by atoms with Gasteiger partial charge in [0.1, 0.15) is 24.3 Å². The number of oxazole rings is 1. The van der Waals surface area contributed by atoms with Crippen molar-refractivity contribution in [3.63, 3.8) is 0 Å². The Balaban J connectivity index is 0.000000157. The first-order chi connectivity index (χ1) is 20.4. The number of carbonyl (C=O) groups is 2. The summed E-state index contributed by atoms with van der Waals surface area (Å²) in [4.78, 5) is 28.0. The highest BCUT2D eigenvalue weighted by Crippen LogP contribution is 2.39. The van der Waals surface area contributed by atoms with Crippen molar-refractivity contribution < 1.29 is 32.3 Å². The molecule has 0 aromatic carbocycles. The molecule has 7 rings (SSSR count). The van der Waals surface area contributed by atoms with Crippen LogP contribution in [0.15, 0.2) is 38.1 Å². The van der Waals surface area contributed by atoms with Gasteiger partial charge in [-0.15, -0.1) is 0 Å². The van der Waals surface area contributed by atoms with E-state index in [1.165, 1.54) is 5.56 Å². The molecule has 0 fully saturated rings. The average Bonchev–Trinajstić information content (AvgIpc) is 3.80. The van der Waals surface area contributed by atoms with Gasteiger partial charge in [0.15, 0.2) is 0 Å². The summed E-state index contributed by atoms with van der Waals surface area (Å²) in [7, 11) is 0. The van der Waals surface area contributed by atoms with Crippen molar-refractivity contribution in [2.75, 3.05) is 13.2 Å². The minimum absolute atomic E-state index is 0.275. The number of aromatic amines is 1. The molecule has 5 heterocycles. The fourth-order valence-corrected chi connectivity index (χ4v) is 5.54. The standard InChI is InChI=1S/C17H17N3O4.C13H14N2O3/c1-3-22-17(21)16-10(2)14-12(24-16)5-4-11-8-20(19-15(11)14)9-13-18-6-7-23-13;1-3-17-13(16)12-7(2)10-9(18-12)5-4-8-6-14-15-11(8)10/h6-8H,3-5,9H2,1-2H3;6H,3-5H2,1-2H3,(H,14,15). The Hall–Kier alpha value is -4.87. The summed E-state index contributed by atoms with van der Waals surface area (Å²) in [6, 6.07) is 0. The first-order valence-corrected chi connectivity index (χ1v) is 14.0.